The van der Waals surface area contributed by atoms with Gasteiger partial charge < -0.3 is 15.2 Å². The van der Waals surface area contributed by atoms with Gasteiger partial charge in [0, 0.05) is 27.8 Å². The van der Waals surface area contributed by atoms with Crippen molar-refractivity contribution in [3.05, 3.63) is 130 Å². The number of hydrogen-bond acceptors (Lipinski definition) is 7. The number of aromatic carboxylic acids is 1. The number of amides is 1. The second-order valence-electron chi connectivity index (χ2n) is 9.13. The lowest BCUT2D eigenvalue weighted by Gasteiger charge is -2.09. The zero-order valence-electron chi connectivity index (χ0n) is 22.1. The lowest BCUT2D eigenvalue weighted by atomic mass is 10.1. The van der Waals surface area contributed by atoms with Gasteiger partial charge >= 0.3 is 5.97 Å². The topological polar surface area (TPSA) is 113 Å². The number of nitrogens with zero attached hydrogens (tertiary/aromatic N) is 2. The maximum absolute atomic E-state index is 12.7. The van der Waals surface area contributed by atoms with Crippen molar-refractivity contribution in [2.24, 2.45) is 5.10 Å². The Labute approximate surface area is 241 Å². The van der Waals surface area contributed by atoms with Crippen molar-refractivity contribution in [2.45, 2.75) is 13.5 Å². The molecule has 0 fully saturated rings. The average molecular weight is 563 g/mol. The van der Waals surface area contributed by atoms with Crippen LogP contribution in [0.2, 0.25) is 0 Å². The van der Waals surface area contributed by atoms with Gasteiger partial charge in [-0.2, -0.15) is 5.10 Å². The predicted octanol–water partition coefficient (Wildman–Crippen LogP) is 6.90. The number of rotatable bonds is 10. The quantitative estimate of drug-likeness (QED) is 0.126. The standard InChI is InChI=1S/C32H26N4O4S/c1-21-6-16-27(17-7-21)34-32-35-28(20-41-32)23-12-14-24(15-13-23)30(37)36-33-18-26-4-2-3-5-29(26)40-19-22-8-10-25(11-9-22)31(38)39/h2-18,20H,19H2,1H3,(H,34,35)(H,36,37)(H,38,39)/b33-18-. The fraction of sp³-hybridized carbons (Fsp3) is 0.0625. The zero-order valence-corrected chi connectivity index (χ0v) is 22.9. The first-order valence-corrected chi connectivity index (χ1v) is 13.6. The van der Waals surface area contributed by atoms with E-state index in [4.69, 9.17) is 9.84 Å². The van der Waals surface area contributed by atoms with Gasteiger partial charge in [0.25, 0.3) is 5.91 Å². The van der Waals surface area contributed by atoms with E-state index < -0.39 is 5.97 Å². The molecule has 3 N–H and O–H groups in total. The van der Waals surface area contributed by atoms with Gasteiger partial charge in [-0.3, -0.25) is 4.79 Å². The highest BCUT2D eigenvalue weighted by Crippen LogP contribution is 2.27. The molecule has 9 heteroatoms. The number of carbonyl (C=O) groups excluding carboxylic acids is 1. The van der Waals surface area contributed by atoms with Crippen LogP contribution in [-0.4, -0.2) is 28.2 Å². The van der Waals surface area contributed by atoms with E-state index in [9.17, 15) is 9.59 Å². The number of ether oxygens (including phenoxy) is 1. The number of carboxylic acid groups (broad SMARTS) is 1. The fourth-order valence-electron chi connectivity index (χ4n) is 3.86. The monoisotopic (exact) mass is 562 g/mol. The Hall–Kier alpha value is -5.28. The Kier molecular flexibility index (Phi) is 8.46. The molecule has 8 nitrogen and oxygen atoms in total. The minimum atomic E-state index is -0.975. The van der Waals surface area contributed by atoms with Crippen LogP contribution >= 0.6 is 11.3 Å². The minimum Gasteiger partial charge on any atom is -0.488 e. The molecule has 0 atom stereocenters. The fourth-order valence-corrected chi connectivity index (χ4v) is 4.60. The molecule has 1 heterocycles. The van der Waals surface area contributed by atoms with Crippen LogP contribution in [0.4, 0.5) is 10.8 Å². The average Bonchev–Trinajstić information content (AvgIpc) is 3.46. The normalized spacial score (nSPS) is 10.9. The number of para-hydroxylation sites is 1. The van der Waals surface area contributed by atoms with Gasteiger partial charge in [0.15, 0.2) is 5.13 Å². The first-order chi connectivity index (χ1) is 19.9. The maximum atomic E-state index is 12.7. The molecular weight excluding hydrogens is 536 g/mol. The van der Waals surface area contributed by atoms with E-state index in [1.807, 2.05) is 66.9 Å². The van der Waals surface area contributed by atoms with Crippen LogP contribution in [0.1, 0.15) is 37.4 Å². The molecule has 0 bridgehead atoms. The molecule has 0 aliphatic rings. The van der Waals surface area contributed by atoms with Gasteiger partial charge in [-0.25, -0.2) is 15.2 Å². The molecule has 0 unspecified atom stereocenters. The number of benzene rings is 4. The minimum absolute atomic E-state index is 0.218. The van der Waals surface area contributed by atoms with Gasteiger partial charge in [0.1, 0.15) is 12.4 Å². The molecule has 0 spiro atoms. The maximum Gasteiger partial charge on any atom is 0.335 e. The third-order valence-electron chi connectivity index (χ3n) is 6.13. The number of thiazole rings is 1. The number of anilines is 2. The zero-order chi connectivity index (χ0) is 28.6. The molecule has 0 radical (unpaired) electrons. The number of aryl methyl sites for hydroxylation is 1. The summed E-state index contributed by atoms with van der Waals surface area (Å²) in [6.07, 6.45) is 1.52. The summed E-state index contributed by atoms with van der Waals surface area (Å²) in [6, 6.07) is 29.1. The van der Waals surface area contributed by atoms with Crippen molar-refractivity contribution in [3.8, 4) is 17.0 Å². The highest BCUT2D eigenvalue weighted by molar-refractivity contribution is 7.14. The Morgan fingerprint density at radius 2 is 1.63 bits per heavy atom. The first kappa shape index (κ1) is 27.3. The largest absolute Gasteiger partial charge is 0.488 e. The molecule has 0 aliphatic heterocycles. The SMILES string of the molecule is Cc1ccc(Nc2nc(-c3ccc(C(=O)N/N=C\c4ccccc4OCc4ccc(C(=O)O)cc4)cc3)cs2)cc1. The second-order valence-corrected chi connectivity index (χ2v) is 9.99. The van der Waals surface area contributed by atoms with E-state index in [0.717, 1.165) is 27.6 Å². The number of aromatic nitrogens is 1. The summed E-state index contributed by atoms with van der Waals surface area (Å²) in [5.74, 6) is -0.737. The summed E-state index contributed by atoms with van der Waals surface area (Å²) in [5, 5.41) is 19.2. The number of carboxylic acids is 1. The predicted molar refractivity (Wildman–Crippen MR) is 161 cm³/mol. The third kappa shape index (κ3) is 7.23. The summed E-state index contributed by atoms with van der Waals surface area (Å²) in [6.45, 7) is 2.30. The number of hydrogen-bond donors (Lipinski definition) is 3. The van der Waals surface area contributed by atoms with Crippen LogP contribution in [0.15, 0.2) is 108 Å². The third-order valence-corrected chi connectivity index (χ3v) is 6.89. The Balaban J connectivity index is 1.16. The van der Waals surface area contributed by atoms with Gasteiger partial charge in [-0.15, -0.1) is 11.3 Å². The molecular formula is C32H26N4O4S. The Morgan fingerprint density at radius 1 is 0.927 bits per heavy atom. The van der Waals surface area contributed by atoms with Crippen LogP contribution in [0.3, 0.4) is 0 Å². The summed E-state index contributed by atoms with van der Waals surface area (Å²) < 4.78 is 5.90. The first-order valence-electron chi connectivity index (χ1n) is 12.7. The molecule has 204 valence electrons. The summed E-state index contributed by atoms with van der Waals surface area (Å²) >= 11 is 1.52. The molecule has 5 aromatic rings. The summed E-state index contributed by atoms with van der Waals surface area (Å²) in [5.41, 5.74) is 8.65. The smallest absolute Gasteiger partial charge is 0.335 e. The second kappa shape index (κ2) is 12.7. The van der Waals surface area contributed by atoms with Crippen LogP contribution in [-0.2, 0) is 6.61 Å². The van der Waals surface area contributed by atoms with Crippen molar-refractivity contribution in [2.75, 3.05) is 5.32 Å². The van der Waals surface area contributed by atoms with Crippen molar-refractivity contribution in [1.29, 1.82) is 0 Å². The number of nitrogens with one attached hydrogen (secondary N) is 2. The van der Waals surface area contributed by atoms with Gasteiger partial charge in [-0.05, 0) is 61.0 Å². The van der Waals surface area contributed by atoms with Crippen molar-refractivity contribution in [3.63, 3.8) is 0 Å². The highest BCUT2D eigenvalue weighted by Gasteiger charge is 2.09. The number of carbonyl (C=O) groups is 2. The van der Waals surface area contributed by atoms with E-state index in [-0.39, 0.29) is 18.1 Å². The molecule has 1 amide bonds. The Morgan fingerprint density at radius 3 is 2.37 bits per heavy atom. The lowest BCUT2D eigenvalue weighted by Crippen LogP contribution is -2.17. The van der Waals surface area contributed by atoms with Crippen molar-refractivity contribution >= 4 is 40.2 Å². The summed E-state index contributed by atoms with van der Waals surface area (Å²) in [7, 11) is 0. The summed E-state index contributed by atoms with van der Waals surface area (Å²) in [4.78, 5) is 28.3. The molecule has 41 heavy (non-hydrogen) atoms. The van der Waals surface area contributed by atoms with Crippen molar-refractivity contribution in [1.82, 2.24) is 10.4 Å². The molecule has 0 aliphatic carbocycles. The number of hydrazone groups is 1. The lowest BCUT2D eigenvalue weighted by molar-refractivity contribution is 0.0696. The van der Waals surface area contributed by atoms with Crippen LogP contribution < -0.4 is 15.5 Å². The Bertz CT molecular complexity index is 1680. The van der Waals surface area contributed by atoms with Crippen LogP contribution in [0, 0.1) is 6.92 Å². The molecule has 1 aromatic heterocycles. The molecule has 0 saturated carbocycles. The van der Waals surface area contributed by atoms with E-state index in [1.165, 1.54) is 35.2 Å². The van der Waals surface area contributed by atoms with Gasteiger partial charge in [-0.1, -0.05) is 54.1 Å². The van der Waals surface area contributed by atoms with E-state index in [2.05, 4.69) is 20.8 Å². The molecule has 4 aromatic carbocycles. The van der Waals surface area contributed by atoms with E-state index >= 15 is 0 Å². The van der Waals surface area contributed by atoms with Crippen LogP contribution in [0.25, 0.3) is 11.3 Å². The van der Waals surface area contributed by atoms with Crippen LogP contribution in [0.5, 0.6) is 5.75 Å². The molecule has 5 rings (SSSR count). The van der Waals surface area contributed by atoms with E-state index in [1.54, 1.807) is 30.3 Å². The molecule has 0 saturated heterocycles. The highest BCUT2D eigenvalue weighted by atomic mass is 32.1. The van der Waals surface area contributed by atoms with Gasteiger partial charge in [0.2, 0.25) is 0 Å². The van der Waals surface area contributed by atoms with Gasteiger partial charge in [0.05, 0.1) is 17.5 Å². The van der Waals surface area contributed by atoms with E-state index in [0.29, 0.717) is 16.9 Å². The van der Waals surface area contributed by atoms with Crippen molar-refractivity contribution < 1.29 is 19.4 Å².